The topological polar surface area (TPSA) is 85.2 Å². The van der Waals surface area contributed by atoms with E-state index in [0.717, 1.165) is 65.5 Å². The van der Waals surface area contributed by atoms with Crippen LogP contribution in [0.15, 0.2) is 48.5 Å². The minimum absolute atomic E-state index is 0.657. The standard InChI is InChI=1S/C22H25N7S2/c30-13-3-7-20-23-21(8-4-14-31)29(26-20)15-16-9-11-17(12-10-16)18-5-1-2-6-19(18)22-24-27-28-25-22/h1-2,5-6,9-12,30-31H,3-4,7-8,13-15H2,(H,24,25,27,28). The lowest BCUT2D eigenvalue weighted by Gasteiger charge is -2.09. The summed E-state index contributed by atoms with van der Waals surface area (Å²) < 4.78 is 2.03. The SMILES string of the molecule is SCCCc1nc(CCCS)n(Cc2ccc(-c3ccccc3-c3nnn[nH]3)cc2)n1. The van der Waals surface area contributed by atoms with Gasteiger partial charge in [0, 0.05) is 18.4 Å². The number of aromatic nitrogens is 7. The summed E-state index contributed by atoms with van der Waals surface area (Å²) in [6.45, 7) is 0.698. The maximum absolute atomic E-state index is 4.75. The van der Waals surface area contributed by atoms with Gasteiger partial charge in [-0.1, -0.05) is 48.5 Å². The molecule has 9 heteroatoms. The Morgan fingerprint density at radius 3 is 2.32 bits per heavy atom. The molecule has 2 aromatic heterocycles. The second-order valence-corrected chi connectivity index (χ2v) is 8.14. The predicted molar refractivity (Wildman–Crippen MR) is 129 cm³/mol. The van der Waals surface area contributed by atoms with Gasteiger partial charge in [0.2, 0.25) is 0 Å². The average Bonchev–Trinajstić information content (AvgIpc) is 3.47. The molecule has 2 heterocycles. The quantitative estimate of drug-likeness (QED) is 0.319. The van der Waals surface area contributed by atoms with Gasteiger partial charge in [0.05, 0.1) is 6.54 Å². The average molecular weight is 452 g/mol. The number of nitrogens with zero attached hydrogens (tertiary/aromatic N) is 6. The number of nitrogens with one attached hydrogen (secondary N) is 1. The third-order valence-electron chi connectivity index (χ3n) is 5.03. The molecule has 160 valence electrons. The lowest BCUT2D eigenvalue weighted by atomic mass is 9.98. The Bertz CT molecular complexity index is 1090. The fourth-order valence-electron chi connectivity index (χ4n) is 3.50. The molecule has 0 saturated carbocycles. The Morgan fingerprint density at radius 2 is 1.61 bits per heavy atom. The summed E-state index contributed by atoms with van der Waals surface area (Å²) in [5, 5.41) is 19.0. The first kappa shape index (κ1) is 21.6. The van der Waals surface area contributed by atoms with Gasteiger partial charge in [-0.25, -0.2) is 14.8 Å². The lowest BCUT2D eigenvalue weighted by Crippen LogP contribution is -2.07. The van der Waals surface area contributed by atoms with Gasteiger partial charge >= 0.3 is 0 Å². The third-order valence-corrected chi connectivity index (χ3v) is 5.67. The minimum Gasteiger partial charge on any atom is -0.245 e. The van der Waals surface area contributed by atoms with Crippen molar-refractivity contribution in [2.45, 2.75) is 32.2 Å². The Labute approximate surface area is 192 Å². The van der Waals surface area contributed by atoms with Crippen LogP contribution >= 0.6 is 25.3 Å². The van der Waals surface area contributed by atoms with E-state index < -0.39 is 0 Å². The molecule has 7 nitrogen and oxygen atoms in total. The normalized spacial score (nSPS) is 11.2. The van der Waals surface area contributed by atoms with Crippen LogP contribution in [-0.2, 0) is 19.4 Å². The molecule has 0 atom stereocenters. The summed E-state index contributed by atoms with van der Waals surface area (Å²) in [6, 6.07) is 16.6. The zero-order valence-corrected chi connectivity index (χ0v) is 18.9. The molecule has 0 aliphatic heterocycles. The van der Waals surface area contributed by atoms with Gasteiger partial charge < -0.3 is 0 Å². The molecule has 0 radical (unpaired) electrons. The highest BCUT2D eigenvalue weighted by Crippen LogP contribution is 2.29. The number of H-pyrrole nitrogens is 1. The number of hydrogen-bond donors (Lipinski definition) is 3. The van der Waals surface area contributed by atoms with Crippen LogP contribution in [0.3, 0.4) is 0 Å². The molecular formula is C22H25N7S2. The summed E-state index contributed by atoms with van der Waals surface area (Å²) in [7, 11) is 0. The second kappa shape index (κ2) is 10.6. The molecule has 31 heavy (non-hydrogen) atoms. The molecule has 4 rings (SSSR count). The number of tetrazole rings is 1. The van der Waals surface area contributed by atoms with Gasteiger partial charge in [0.25, 0.3) is 0 Å². The molecule has 0 spiro atoms. The molecule has 0 fully saturated rings. The zero-order valence-electron chi connectivity index (χ0n) is 17.1. The van der Waals surface area contributed by atoms with Gasteiger partial charge in [0.1, 0.15) is 5.82 Å². The van der Waals surface area contributed by atoms with Crippen LogP contribution in [0.1, 0.15) is 30.1 Å². The van der Waals surface area contributed by atoms with Gasteiger partial charge in [-0.3, -0.25) is 0 Å². The first-order chi connectivity index (χ1) is 15.3. The van der Waals surface area contributed by atoms with Crippen molar-refractivity contribution in [3.05, 3.63) is 65.7 Å². The van der Waals surface area contributed by atoms with Crippen molar-refractivity contribution in [2.24, 2.45) is 0 Å². The molecule has 2 aromatic carbocycles. The summed E-state index contributed by atoms with van der Waals surface area (Å²) in [4.78, 5) is 4.75. The van der Waals surface area contributed by atoms with Crippen molar-refractivity contribution >= 4 is 25.3 Å². The van der Waals surface area contributed by atoms with Crippen molar-refractivity contribution in [3.8, 4) is 22.5 Å². The van der Waals surface area contributed by atoms with Crippen molar-refractivity contribution in [1.29, 1.82) is 0 Å². The van der Waals surface area contributed by atoms with E-state index in [9.17, 15) is 0 Å². The minimum atomic E-state index is 0.657. The van der Waals surface area contributed by atoms with E-state index in [2.05, 4.69) is 76.2 Å². The molecule has 4 aromatic rings. The molecule has 0 unspecified atom stereocenters. The van der Waals surface area contributed by atoms with E-state index in [0.29, 0.717) is 12.4 Å². The maximum atomic E-state index is 4.75. The van der Waals surface area contributed by atoms with Crippen LogP contribution in [0.5, 0.6) is 0 Å². The summed E-state index contributed by atoms with van der Waals surface area (Å²) in [6.07, 6.45) is 3.71. The molecule has 0 aliphatic rings. The van der Waals surface area contributed by atoms with E-state index in [-0.39, 0.29) is 0 Å². The number of rotatable bonds is 10. The van der Waals surface area contributed by atoms with E-state index in [1.807, 2.05) is 22.9 Å². The van der Waals surface area contributed by atoms with Crippen LogP contribution < -0.4 is 0 Å². The number of aromatic amines is 1. The van der Waals surface area contributed by atoms with Crippen LogP contribution in [0.2, 0.25) is 0 Å². The van der Waals surface area contributed by atoms with Gasteiger partial charge in [-0.2, -0.15) is 30.4 Å². The molecular weight excluding hydrogens is 426 g/mol. The number of benzene rings is 2. The second-order valence-electron chi connectivity index (χ2n) is 7.25. The fraction of sp³-hybridized carbons (Fsp3) is 0.318. The molecule has 0 saturated heterocycles. The monoisotopic (exact) mass is 451 g/mol. The molecule has 0 bridgehead atoms. The number of aryl methyl sites for hydroxylation is 2. The van der Waals surface area contributed by atoms with Crippen molar-refractivity contribution in [3.63, 3.8) is 0 Å². The van der Waals surface area contributed by atoms with Crippen LogP contribution in [0.25, 0.3) is 22.5 Å². The zero-order chi connectivity index (χ0) is 21.5. The van der Waals surface area contributed by atoms with Crippen molar-refractivity contribution in [1.82, 2.24) is 35.4 Å². The van der Waals surface area contributed by atoms with Crippen LogP contribution in [-0.4, -0.2) is 46.9 Å². The number of thiol groups is 2. The van der Waals surface area contributed by atoms with Gasteiger partial charge in [-0.15, -0.1) is 5.10 Å². The van der Waals surface area contributed by atoms with Gasteiger partial charge in [-0.05, 0) is 51.5 Å². The Balaban J connectivity index is 1.55. The summed E-state index contributed by atoms with van der Waals surface area (Å²) in [5.74, 6) is 4.26. The predicted octanol–water partition coefficient (Wildman–Crippen LogP) is 3.90. The van der Waals surface area contributed by atoms with Crippen LogP contribution in [0.4, 0.5) is 0 Å². The molecule has 0 amide bonds. The highest BCUT2D eigenvalue weighted by Gasteiger charge is 2.12. The maximum Gasteiger partial charge on any atom is 0.180 e. The molecule has 0 aliphatic carbocycles. The Kier molecular flexibility index (Phi) is 7.37. The largest absolute Gasteiger partial charge is 0.245 e. The Morgan fingerprint density at radius 1 is 0.871 bits per heavy atom. The Hall–Kier alpha value is -2.65. The first-order valence-electron chi connectivity index (χ1n) is 10.3. The fourth-order valence-corrected chi connectivity index (χ4v) is 3.81. The smallest absolute Gasteiger partial charge is 0.180 e. The van der Waals surface area contributed by atoms with E-state index in [4.69, 9.17) is 10.1 Å². The molecule has 1 N–H and O–H groups in total. The third kappa shape index (κ3) is 5.34. The number of hydrogen-bond acceptors (Lipinski definition) is 7. The van der Waals surface area contributed by atoms with Crippen molar-refractivity contribution < 1.29 is 0 Å². The van der Waals surface area contributed by atoms with Gasteiger partial charge in [0.15, 0.2) is 11.6 Å². The summed E-state index contributed by atoms with van der Waals surface area (Å²) in [5.41, 5.74) is 4.34. The van der Waals surface area contributed by atoms with E-state index in [1.54, 1.807) is 0 Å². The van der Waals surface area contributed by atoms with E-state index >= 15 is 0 Å². The van der Waals surface area contributed by atoms with E-state index in [1.165, 1.54) is 5.56 Å². The van der Waals surface area contributed by atoms with Crippen molar-refractivity contribution in [2.75, 3.05) is 11.5 Å². The highest BCUT2D eigenvalue weighted by atomic mass is 32.1. The van der Waals surface area contributed by atoms with Crippen LogP contribution in [0, 0.1) is 0 Å². The first-order valence-corrected chi connectivity index (χ1v) is 11.6. The lowest BCUT2D eigenvalue weighted by molar-refractivity contribution is 0.624. The highest BCUT2D eigenvalue weighted by molar-refractivity contribution is 7.80. The summed E-state index contributed by atoms with van der Waals surface area (Å²) >= 11 is 8.64.